The Morgan fingerprint density at radius 2 is 2.04 bits per heavy atom. The molecule has 7 heteroatoms. The average Bonchev–Trinajstić information content (AvgIpc) is 2.94. The van der Waals surface area contributed by atoms with Crippen LogP contribution in [0.5, 0.6) is 0 Å². The number of nitrogens with zero attached hydrogens (tertiary/aromatic N) is 2. The van der Waals surface area contributed by atoms with Gasteiger partial charge in [0.15, 0.2) is 6.29 Å². The summed E-state index contributed by atoms with van der Waals surface area (Å²) in [6, 6.07) is 5.07. The van der Waals surface area contributed by atoms with Gasteiger partial charge in [-0.25, -0.2) is 4.85 Å². The van der Waals surface area contributed by atoms with Gasteiger partial charge in [0.1, 0.15) is 0 Å². The predicted octanol–water partition coefficient (Wildman–Crippen LogP) is 4.92. The van der Waals surface area contributed by atoms with Crippen molar-refractivity contribution in [3.8, 4) is 11.1 Å². The van der Waals surface area contributed by atoms with Gasteiger partial charge in [0.05, 0.1) is 29.7 Å². The summed E-state index contributed by atoms with van der Waals surface area (Å²) in [6.07, 6.45) is 0.781. The molecule has 23 heavy (non-hydrogen) atoms. The van der Waals surface area contributed by atoms with Crippen LogP contribution < -0.4 is 4.90 Å². The maximum absolute atomic E-state index is 11.5. The SMILES string of the molecule is [C-]#[N+]c1c(N2CCOCC2)sc(C=O)c1-c1ccc(Cl)cc1Cl. The molecular weight excluding hydrogens is 355 g/mol. The lowest BCUT2D eigenvalue weighted by Crippen LogP contribution is -2.35. The third kappa shape index (κ3) is 3.08. The Morgan fingerprint density at radius 1 is 1.30 bits per heavy atom. The highest BCUT2D eigenvalue weighted by Gasteiger charge is 2.25. The maximum atomic E-state index is 11.5. The molecule has 1 aromatic heterocycles. The van der Waals surface area contributed by atoms with E-state index >= 15 is 0 Å². The van der Waals surface area contributed by atoms with Crippen molar-refractivity contribution in [1.29, 1.82) is 0 Å². The number of hydrogen-bond acceptors (Lipinski definition) is 4. The van der Waals surface area contributed by atoms with E-state index in [1.165, 1.54) is 11.3 Å². The predicted molar refractivity (Wildman–Crippen MR) is 94.5 cm³/mol. The number of halogens is 2. The van der Waals surface area contributed by atoms with E-state index in [0.717, 1.165) is 11.3 Å². The lowest BCUT2D eigenvalue weighted by molar-refractivity contribution is 0.112. The highest BCUT2D eigenvalue weighted by molar-refractivity contribution is 7.19. The molecule has 3 rings (SSSR count). The third-order valence-corrected chi connectivity index (χ3v) is 5.32. The van der Waals surface area contributed by atoms with Crippen molar-refractivity contribution in [2.45, 2.75) is 0 Å². The van der Waals surface area contributed by atoms with Crippen molar-refractivity contribution >= 4 is 51.5 Å². The van der Waals surface area contributed by atoms with E-state index in [9.17, 15) is 4.79 Å². The Kier molecular flexibility index (Phi) is 4.88. The summed E-state index contributed by atoms with van der Waals surface area (Å²) in [7, 11) is 0. The minimum absolute atomic E-state index is 0.428. The summed E-state index contributed by atoms with van der Waals surface area (Å²) >= 11 is 13.6. The number of aldehydes is 1. The first kappa shape index (κ1) is 16.3. The number of ether oxygens (including phenoxy) is 1. The Balaban J connectivity index is 2.17. The molecule has 4 nitrogen and oxygen atoms in total. The van der Waals surface area contributed by atoms with E-state index < -0.39 is 0 Å². The number of benzene rings is 1. The summed E-state index contributed by atoms with van der Waals surface area (Å²) in [5.74, 6) is 0. The Hall–Kier alpha value is -1.58. The second kappa shape index (κ2) is 6.90. The summed E-state index contributed by atoms with van der Waals surface area (Å²) in [5, 5.41) is 1.74. The van der Waals surface area contributed by atoms with Crippen LogP contribution in [0.25, 0.3) is 16.0 Å². The maximum Gasteiger partial charge on any atom is 0.229 e. The summed E-state index contributed by atoms with van der Waals surface area (Å²) in [6.45, 7) is 10.2. The Labute approximate surface area is 148 Å². The smallest absolute Gasteiger partial charge is 0.229 e. The zero-order valence-corrected chi connectivity index (χ0v) is 14.3. The van der Waals surface area contributed by atoms with Crippen molar-refractivity contribution in [2.24, 2.45) is 0 Å². The fourth-order valence-corrected chi connectivity index (χ4v) is 4.17. The molecule has 1 aliphatic rings. The summed E-state index contributed by atoms with van der Waals surface area (Å²) in [5.41, 5.74) is 1.70. The number of carbonyl (C=O) groups is 1. The van der Waals surface area contributed by atoms with Gasteiger partial charge < -0.3 is 9.64 Å². The quantitative estimate of drug-likeness (QED) is 0.570. The first-order valence-electron chi connectivity index (χ1n) is 6.93. The molecule has 1 aliphatic heterocycles. The number of morpholine rings is 1. The average molecular weight is 367 g/mol. The van der Waals surface area contributed by atoms with Crippen LogP contribution in [-0.2, 0) is 4.74 Å². The van der Waals surface area contributed by atoms with E-state index in [1.54, 1.807) is 18.2 Å². The Bertz CT molecular complexity index is 792. The summed E-state index contributed by atoms with van der Waals surface area (Å²) in [4.78, 5) is 17.8. The van der Waals surface area contributed by atoms with E-state index in [1.807, 2.05) is 0 Å². The van der Waals surface area contributed by atoms with Crippen LogP contribution in [0, 0.1) is 6.57 Å². The molecule has 0 amide bonds. The van der Waals surface area contributed by atoms with Crippen molar-refractivity contribution in [3.05, 3.63) is 44.5 Å². The molecular formula is C16H12Cl2N2O2S. The monoisotopic (exact) mass is 366 g/mol. The molecule has 0 bridgehead atoms. The van der Waals surface area contributed by atoms with Gasteiger partial charge in [-0.3, -0.25) is 4.79 Å². The number of anilines is 1. The van der Waals surface area contributed by atoms with Gasteiger partial charge in [-0.05, 0) is 17.7 Å². The van der Waals surface area contributed by atoms with Gasteiger partial charge in [-0.2, -0.15) is 0 Å². The fraction of sp³-hybridized carbons (Fsp3) is 0.250. The molecule has 0 saturated carbocycles. The van der Waals surface area contributed by atoms with Crippen LogP contribution in [0.15, 0.2) is 18.2 Å². The van der Waals surface area contributed by atoms with E-state index in [2.05, 4.69) is 9.74 Å². The van der Waals surface area contributed by atoms with Gasteiger partial charge in [0, 0.05) is 28.7 Å². The largest absolute Gasteiger partial charge is 0.378 e. The number of thiophene rings is 1. The molecule has 1 fully saturated rings. The normalized spacial score (nSPS) is 14.6. The molecule has 118 valence electrons. The van der Waals surface area contributed by atoms with Crippen LogP contribution in [0.2, 0.25) is 10.0 Å². The topological polar surface area (TPSA) is 33.9 Å². The van der Waals surface area contributed by atoms with Gasteiger partial charge >= 0.3 is 0 Å². The van der Waals surface area contributed by atoms with Crippen molar-refractivity contribution in [3.63, 3.8) is 0 Å². The molecule has 2 heterocycles. The minimum Gasteiger partial charge on any atom is -0.378 e. The van der Waals surface area contributed by atoms with E-state index in [0.29, 0.717) is 58.0 Å². The first-order chi connectivity index (χ1) is 11.2. The molecule has 1 saturated heterocycles. The minimum atomic E-state index is 0.428. The van der Waals surface area contributed by atoms with Crippen LogP contribution in [0.4, 0.5) is 10.7 Å². The molecule has 1 aromatic carbocycles. The lowest BCUT2D eigenvalue weighted by atomic mass is 10.0. The van der Waals surface area contributed by atoms with Gasteiger partial charge in [0.2, 0.25) is 5.69 Å². The first-order valence-corrected chi connectivity index (χ1v) is 8.50. The summed E-state index contributed by atoms with van der Waals surface area (Å²) < 4.78 is 5.36. The standard InChI is InChI=1S/C16H12Cl2N2O2S/c1-19-15-14(11-3-2-10(17)8-12(11)18)13(9-21)23-16(15)20-4-6-22-7-5-20/h2-3,8-9H,4-7H2. The second-order valence-electron chi connectivity index (χ2n) is 4.95. The zero-order chi connectivity index (χ0) is 16.4. The molecule has 0 unspecified atom stereocenters. The molecule has 2 aromatic rings. The van der Waals surface area contributed by atoms with E-state index in [4.69, 9.17) is 34.5 Å². The fourth-order valence-electron chi connectivity index (χ4n) is 2.55. The zero-order valence-electron chi connectivity index (χ0n) is 12.0. The Morgan fingerprint density at radius 3 is 2.65 bits per heavy atom. The number of hydrogen-bond donors (Lipinski definition) is 0. The molecule has 0 radical (unpaired) electrons. The second-order valence-corrected chi connectivity index (χ2v) is 6.82. The number of carbonyl (C=O) groups excluding carboxylic acids is 1. The molecule has 0 atom stereocenters. The van der Waals surface area contributed by atoms with Gasteiger partial charge in [-0.1, -0.05) is 29.3 Å². The van der Waals surface area contributed by atoms with Crippen LogP contribution in [0.1, 0.15) is 9.67 Å². The van der Waals surface area contributed by atoms with Crippen molar-refractivity contribution in [1.82, 2.24) is 0 Å². The van der Waals surface area contributed by atoms with E-state index in [-0.39, 0.29) is 0 Å². The van der Waals surface area contributed by atoms with Crippen LogP contribution in [0.3, 0.4) is 0 Å². The lowest BCUT2D eigenvalue weighted by Gasteiger charge is -2.28. The highest BCUT2D eigenvalue weighted by Crippen LogP contribution is 2.49. The van der Waals surface area contributed by atoms with Gasteiger partial charge in [-0.15, -0.1) is 11.3 Å². The molecule has 0 aliphatic carbocycles. The van der Waals surface area contributed by atoms with Crippen molar-refractivity contribution < 1.29 is 9.53 Å². The molecule has 0 N–H and O–H groups in total. The van der Waals surface area contributed by atoms with Crippen molar-refractivity contribution in [2.75, 3.05) is 31.2 Å². The highest BCUT2D eigenvalue weighted by atomic mass is 35.5. The molecule has 0 spiro atoms. The third-order valence-electron chi connectivity index (χ3n) is 3.61. The van der Waals surface area contributed by atoms with Gasteiger partial charge in [0.25, 0.3) is 0 Å². The van der Waals surface area contributed by atoms with Crippen LogP contribution in [-0.4, -0.2) is 32.6 Å². The van der Waals surface area contributed by atoms with Crippen LogP contribution >= 0.6 is 34.5 Å². The number of rotatable bonds is 3.